The molecule has 2 heterocycles. The summed E-state index contributed by atoms with van der Waals surface area (Å²) in [5.41, 5.74) is 10.9. The number of fused-ring (bicyclic) bond motifs is 1. The number of nitrogens with two attached hydrogens (primary N) is 2. The first-order valence-electron chi connectivity index (χ1n) is 7.80. The van der Waals surface area contributed by atoms with Crippen molar-refractivity contribution < 1.29 is 10.2 Å². The van der Waals surface area contributed by atoms with Crippen molar-refractivity contribution in [2.24, 2.45) is 11.7 Å². The lowest BCUT2D eigenvalue weighted by Gasteiger charge is -2.15. The molecule has 3 rings (SSSR count). The maximum atomic E-state index is 11.7. The van der Waals surface area contributed by atoms with Gasteiger partial charge in [0.2, 0.25) is 5.95 Å². The van der Waals surface area contributed by atoms with E-state index in [9.17, 15) is 15.0 Å². The highest BCUT2D eigenvalue weighted by atomic mass is 16.3. The molecule has 9 nitrogen and oxygen atoms in total. The second kappa shape index (κ2) is 8.57. The van der Waals surface area contributed by atoms with Crippen LogP contribution in [-0.4, -0.2) is 49.5 Å². The molecule has 1 aliphatic carbocycles. The summed E-state index contributed by atoms with van der Waals surface area (Å²) in [5.74, 6) is -0.371. The average Bonchev–Trinajstić information content (AvgIpc) is 3.12. The van der Waals surface area contributed by atoms with Crippen LogP contribution in [0.2, 0.25) is 0 Å². The van der Waals surface area contributed by atoms with Crippen LogP contribution in [0.1, 0.15) is 26.3 Å². The van der Waals surface area contributed by atoms with Crippen LogP contribution in [0.5, 0.6) is 0 Å². The first-order valence-corrected chi connectivity index (χ1v) is 7.80. The zero-order chi connectivity index (χ0) is 18.4. The molecule has 1 saturated carbocycles. The Labute approximate surface area is 140 Å². The number of hydrogen-bond donors (Lipinski definition) is 5. The molecule has 0 aromatic carbocycles. The number of aromatic amines is 1. The van der Waals surface area contributed by atoms with Crippen LogP contribution in [0.4, 0.5) is 5.95 Å². The molecule has 1 fully saturated rings. The van der Waals surface area contributed by atoms with Gasteiger partial charge in [-0.15, -0.1) is 0 Å². The van der Waals surface area contributed by atoms with E-state index in [1.807, 2.05) is 13.8 Å². The number of H-pyrrole nitrogens is 1. The third kappa shape index (κ3) is 3.48. The standard InChI is InChI=1S/C12H15N5O3.C2H6.CH5N/c1-5-6(3-18)8(19)2-7(5)17-4-14-9-10(17)15-12(13)16-11(9)20;2*1-2/h4,6-8,18-19H,1-3H2,(H3,13,15,16,20);1-2H3;2H2,1H3/t6-,7-,8?;;/m0../s1. The van der Waals surface area contributed by atoms with Gasteiger partial charge in [-0.1, -0.05) is 20.4 Å². The molecule has 7 N–H and O–H groups in total. The molecule has 9 heteroatoms. The Balaban J connectivity index is 0.000000671. The van der Waals surface area contributed by atoms with Gasteiger partial charge in [0, 0.05) is 5.92 Å². The lowest BCUT2D eigenvalue weighted by atomic mass is 10.0. The van der Waals surface area contributed by atoms with Gasteiger partial charge in [-0.3, -0.25) is 9.78 Å². The maximum Gasteiger partial charge on any atom is 0.280 e. The summed E-state index contributed by atoms with van der Waals surface area (Å²) in [6.45, 7) is 7.76. The number of anilines is 1. The van der Waals surface area contributed by atoms with Crippen molar-refractivity contribution in [2.45, 2.75) is 32.4 Å². The van der Waals surface area contributed by atoms with E-state index in [1.165, 1.54) is 13.4 Å². The molecule has 0 saturated heterocycles. The number of imidazole rings is 1. The smallest absolute Gasteiger partial charge is 0.280 e. The first kappa shape index (κ1) is 19.8. The Bertz CT molecular complexity index is 738. The van der Waals surface area contributed by atoms with Crippen molar-refractivity contribution >= 4 is 17.1 Å². The van der Waals surface area contributed by atoms with Crippen LogP contribution in [0.15, 0.2) is 23.3 Å². The average molecular weight is 338 g/mol. The number of aliphatic hydroxyl groups excluding tert-OH is 2. The fourth-order valence-electron chi connectivity index (χ4n) is 2.74. The van der Waals surface area contributed by atoms with E-state index < -0.39 is 11.7 Å². The summed E-state index contributed by atoms with van der Waals surface area (Å²) in [5, 5.41) is 19.2. The molecule has 24 heavy (non-hydrogen) atoms. The van der Waals surface area contributed by atoms with Gasteiger partial charge in [-0.05, 0) is 19.0 Å². The molecular formula is C15H26N6O3. The van der Waals surface area contributed by atoms with Crippen molar-refractivity contribution in [3.05, 3.63) is 28.8 Å². The molecular weight excluding hydrogens is 312 g/mol. The zero-order valence-electron chi connectivity index (χ0n) is 14.2. The SMILES string of the molecule is C=C1[C@H](CO)C(O)C[C@@H]1n1cnc2c(=O)[nH]c(N)nc21.CC.CN. The third-order valence-corrected chi connectivity index (χ3v) is 3.82. The molecule has 134 valence electrons. The van der Waals surface area contributed by atoms with E-state index in [-0.39, 0.29) is 30.0 Å². The predicted molar refractivity (Wildman–Crippen MR) is 93.4 cm³/mol. The highest BCUT2D eigenvalue weighted by Gasteiger charge is 2.37. The minimum atomic E-state index is -0.672. The molecule has 1 aliphatic rings. The molecule has 0 aliphatic heterocycles. The lowest BCUT2D eigenvalue weighted by molar-refractivity contribution is 0.101. The van der Waals surface area contributed by atoms with E-state index >= 15 is 0 Å². The van der Waals surface area contributed by atoms with Crippen molar-refractivity contribution in [3.8, 4) is 0 Å². The number of rotatable bonds is 2. The van der Waals surface area contributed by atoms with Crippen LogP contribution in [0.25, 0.3) is 11.2 Å². The fourth-order valence-corrected chi connectivity index (χ4v) is 2.74. The summed E-state index contributed by atoms with van der Waals surface area (Å²) in [6.07, 6.45) is 1.20. The minimum Gasteiger partial charge on any atom is -0.396 e. The molecule has 0 bridgehead atoms. The second-order valence-corrected chi connectivity index (χ2v) is 4.96. The number of aromatic nitrogens is 4. The van der Waals surface area contributed by atoms with Gasteiger partial charge in [0.15, 0.2) is 11.2 Å². The van der Waals surface area contributed by atoms with E-state index in [1.54, 1.807) is 4.57 Å². The van der Waals surface area contributed by atoms with Gasteiger partial charge in [-0.25, -0.2) is 4.98 Å². The highest BCUT2D eigenvalue weighted by Crippen LogP contribution is 2.39. The molecule has 0 spiro atoms. The summed E-state index contributed by atoms with van der Waals surface area (Å²) in [6, 6.07) is -0.263. The lowest BCUT2D eigenvalue weighted by Crippen LogP contribution is -2.17. The number of nitrogens with zero attached hydrogens (tertiary/aromatic N) is 3. The Morgan fingerprint density at radius 3 is 2.62 bits per heavy atom. The van der Waals surface area contributed by atoms with E-state index in [4.69, 9.17) is 5.73 Å². The molecule has 3 atom stereocenters. The summed E-state index contributed by atoms with van der Waals surface area (Å²) in [7, 11) is 1.50. The van der Waals surface area contributed by atoms with Crippen molar-refractivity contribution in [1.29, 1.82) is 0 Å². The van der Waals surface area contributed by atoms with Crippen LogP contribution in [0, 0.1) is 5.92 Å². The van der Waals surface area contributed by atoms with E-state index in [0.29, 0.717) is 17.6 Å². The van der Waals surface area contributed by atoms with Gasteiger partial charge in [0.05, 0.1) is 25.1 Å². The summed E-state index contributed by atoms with van der Waals surface area (Å²) in [4.78, 5) is 22.2. The summed E-state index contributed by atoms with van der Waals surface area (Å²) < 4.78 is 1.67. The second-order valence-electron chi connectivity index (χ2n) is 4.96. The quantitative estimate of drug-likeness (QED) is 0.473. The summed E-state index contributed by atoms with van der Waals surface area (Å²) >= 11 is 0. The number of nitrogens with one attached hydrogen (secondary N) is 1. The van der Waals surface area contributed by atoms with Gasteiger partial charge < -0.3 is 26.2 Å². The first-order chi connectivity index (χ1) is 11.5. The highest BCUT2D eigenvalue weighted by molar-refractivity contribution is 5.70. The van der Waals surface area contributed by atoms with E-state index in [0.717, 1.165) is 0 Å². The number of nitrogen functional groups attached to an aromatic ring is 1. The van der Waals surface area contributed by atoms with Crippen molar-refractivity contribution in [3.63, 3.8) is 0 Å². The van der Waals surface area contributed by atoms with Crippen LogP contribution < -0.4 is 17.0 Å². The topological polar surface area (TPSA) is 156 Å². The normalized spacial score (nSPS) is 22.6. The Kier molecular flexibility index (Phi) is 7.08. The maximum absolute atomic E-state index is 11.7. The van der Waals surface area contributed by atoms with Crippen LogP contribution in [-0.2, 0) is 0 Å². The van der Waals surface area contributed by atoms with E-state index in [2.05, 4.69) is 27.3 Å². The Morgan fingerprint density at radius 1 is 1.46 bits per heavy atom. The van der Waals surface area contributed by atoms with Crippen LogP contribution in [0.3, 0.4) is 0 Å². The monoisotopic (exact) mass is 338 g/mol. The molecule has 0 amide bonds. The van der Waals surface area contributed by atoms with Crippen molar-refractivity contribution in [1.82, 2.24) is 19.5 Å². The zero-order valence-corrected chi connectivity index (χ0v) is 14.2. The predicted octanol–water partition coefficient (Wildman–Crippen LogP) is -0.227. The molecule has 0 radical (unpaired) electrons. The molecule has 2 aromatic heterocycles. The molecule has 2 aromatic rings. The largest absolute Gasteiger partial charge is 0.396 e. The minimum absolute atomic E-state index is 0.00659. The Hall–Kier alpha value is -2.23. The fraction of sp³-hybridized carbons (Fsp3) is 0.533. The van der Waals surface area contributed by atoms with Crippen molar-refractivity contribution in [2.75, 3.05) is 19.4 Å². The van der Waals surface area contributed by atoms with Gasteiger partial charge >= 0.3 is 0 Å². The third-order valence-electron chi connectivity index (χ3n) is 3.82. The van der Waals surface area contributed by atoms with Gasteiger partial charge in [-0.2, -0.15) is 4.98 Å². The van der Waals surface area contributed by atoms with Gasteiger partial charge in [0.25, 0.3) is 5.56 Å². The van der Waals surface area contributed by atoms with Crippen LogP contribution >= 0.6 is 0 Å². The van der Waals surface area contributed by atoms with Gasteiger partial charge in [0.1, 0.15) is 0 Å². The molecule has 1 unspecified atom stereocenters. The number of aliphatic hydroxyl groups is 2. The number of hydrogen-bond acceptors (Lipinski definition) is 7. The Morgan fingerprint density at radius 2 is 2.08 bits per heavy atom.